The van der Waals surface area contributed by atoms with E-state index in [1.807, 2.05) is 6.92 Å². The molecule has 162 valence electrons. The minimum atomic E-state index is -0.285. The summed E-state index contributed by atoms with van der Waals surface area (Å²) in [5.74, 6) is 1.05. The summed E-state index contributed by atoms with van der Waals surface area (Å²) in [6.45, 7) is 2.66. The number of ketones is 1. The zero-order valence-corrected chi connectivity index (χ0v) is 17.8. The molecule has 5 N–H and O–H groups in total. The molecular weight excluding hydrogens is 396 g/mol. The maximum atomic E-state index is 13.5. The molecule has 1 aromatic heterocycles. The summed E-state index contributed by atoms with van der Waals surface area (Å²) in [5.41, 5.74) is 13.2. The van der Waals surface area contributed by atoms with Gasteiger partial charge in [0.1, 0.15) is 17.3 Å². The molecule has 0 radical (unpaired) electrons. The van der Waals surface area contributed by atoms with Gasteiger partial charge in [0.2, 0.25) is 5.78 Å². The average molecular weight is 422 g/mol. The number of nitrogens with two attached hydrogens (primary N) is 2. The molecule has 8 nitrogen and oxygen atoms in total. The summed E-state index contributed by atoms with van der Waals surface area (Å²) in [6.07, 6.45) is 0.360. The highest BCUT2D eigenvalue weighted by Gasteiger charge is 2.23. The number of amidine groups is 1. The number of hydrogen-bond acceptors (Lipinski definition) is 7. The quantitative estimate of drug-likeness (QED) is 0.274. The second kappa shape index (κ2) is 9.44. The molecule has 0 unspecified atom stereocenters. The fraction of sp³-hybridized carbons (Fsp3) is 0.261. The van der Waals surface area contributed by atoms with Gasteiger partial charge in [-0.1, -0.05) is 12.1 Å². The number of hydrogen-bond donors (Lipinski definition) is 3. The third-order valence-electron chi connectivity index (χ3n) is 4.86. The van der Waals surface area contributed by atoms with Crippen LogP contribution in [0.3, 0.4) is 0 Å². The number of methoxy groups -OCH3 is 2. The lowest BCUT2D eigenvalue weighted by molar-refractivity contribution is 0.103. The van der Waals surface area contributed by atoms with Crippen molar-refractivity contribution in [3.8, 4) is 17.2 Å². The zero-order valence-electron chi connectivity index (χ0n) is 17.8. The molecule has 3 rings (SSSR count). The smallest absolute Gasteiger partial charge is 0.212 e. The number of nitrogens with zero attached hydrogens (tertiary/aromatic N) is 1. The SMILES string of the molecule is CCOc1cccc(C(=O)c2nc(CCN)c(C(=N)N)c3cc(OC)c(OC)cc23)c1. The van der Waals surface area contributed by atoms with Crippen LogP contribution in [-0.2, 0) is 6.42 Å². The second-order valence-corrected chi connectivity index (χ2v) is 6.78. The van der Waals surface area contributed by atoms with E-state index in [0.717, 1.165) is 0 Å². The lowest BCUT2D eigenvalue weighted by atomic mass is 9.95. The fourth-order valence-electron chi connectivity index (χ4n) is 3.51. The van der Waals surface area contributed by atoms with Crippen LogP contribution in [-0.4, -0.2) is 44.0 Å². The maximum absolute atomic E-state index is 13.5. The number of nitrogen functional groups attached to an aromatic ring is 1. The van der Waals surface area contributed by atoms with E-state index in [-0.39, 0.29) is 17.3 Å². The average Bonchev–Trinajstić information content (AvgIpc) is 2.77. The molecule has 0 aliphatic carbocycles. The summed E-state index contributed by atoms with van der Waals surface area (Å²) in [5, 5.41) is 9.19. The van der Waals surface area contributed by atoms with Crippen molar-refractivity contribution in [3.63, 3.8) is 0 Å². The van der Waals surface area contributed by atoms with Gasteiger partial charge in [0.05, 0.1) is 26.5 Å². The predicted octanol–water partition coefficient (Wildman–Crippen LogP) is 2.67. The molecule has 0 spiro atoms. The van der Waals surface area contributed by atoms with Crippen molar-refractivity contribution in [2.75, 3.05) is 27.4 Å². The molecule has 0 saturated heterocycles. The summed E-state index contributed by atoms with van der Waals surface area (Å²) >= 11 is 0. The minimum Gasteiger partial charge on any atom is -0.494 e. The second-order valence-electron chi connectivity index (χ2n) is 6.78. The Hall–Kier alpha value is -3.65. The van der Waals surface area contributed by atoms with E-state index >= 15 is 0 Å². The molecule has 31 heavy (non-hydrogen) atoms. The molecule has 1 heterocycles. The van der Waals surface area contributed by atoms with Gasteiger partial charge in [-0.2, -0.15) is 0 Å². The normalized spacial score (nSPS) is 10.7. The van der Waals surface area contributed by atoms with Crippen molar-refractivity contribution in [2.45, 2.75) is 13.3 Å². The van der Waals surface area contributed by atoms with Crippen LogP contribution in [0.1, 0.15) is 34.2 Å². The molecule has 0 saturated carbocycles. The van der Waals surface area contributed by atoms with Crippen LogP contribution in [0.25, 0.3) is 10.8 Å². The van der Waals surface area contributed by atoms with Gasteiger partial charge in [0.15, 0.2) is 11.5 Å². The minimum absolute atomic E-state index is 0.162. The molecule has 0 aliphatic rings. The Labute approximate surface area is 180 Å². The van der Waals surface area contributed by atoms with Crippen LogP contribution in [0.5, 0.6) is 17.2 Å². The molecule has 0 amide bonds. The number of pyridine rings is 1. The monoisotopic (exact) mass is 422 g/mol. The molecule has 2 aromatic carbocycles. The Kier molecular flexibility index (Phi) is 6.71. The standard InChI is InChI=1S/C23H26N4O4/c1-4-31-14-7-5-6-13(10-14)22(28)21-16-12-19(30-3)18(29-2)11-15(16)20(23(25)26)17(27-21)8-9-24/h5-7,10-12H,4,8-9,24H2,1-3H3,(H3,25,26). The first kappa shape index (κ1) is 22.0. The summed E-state index contributed by atoms with van der Waals surface area (Å²) in [4.78, 5) is 18.1. The van der Waals surface area contributed by atoms with Gasteiger partial charge in [-0.25, -0.2) is 4.98 Å². The Morgan fingerprint density at radius 3 is 2.35 bits per heavy atom. The van der Waals surface area contributed by atoms with Crippen LogP contribution >= 0.6 is 0 Å². The van der Waals surface area contributed by atoms with Crippen LogP contribution in [0.4, 0.5) is 0 Å². The van der Waals surface area contributed by atoms with Gasteiger partial charge in [-0.15, -0.1) is 0 Å². The first-order valence-corrected chi connectivity index (χ1v) is 9.85. The lowest BCUT2D eigenvalue weighted by Crippen LogP contribution is -2.20. The van der Waals surface area contributed by atoms with Crippen LogP contribution in [0.2, 0.25) is 0 Å². The van der Waals surface area contributed by atoms with Gasteiger partial charge < -0.3 is 25.7 Å². The van der Waals surface area contributed by atoms with E-state index in [4.69, 9.17) is 31.1 Å². The number of carbonyl (C=O) groups excluding carboxylic acids is 1. The highest BCUT2D eigenvalue weighted by Crippen LogP contribution is 2.36. The third kappa shape index (κ3) is 4.29. The topological polar surface area (TPSA) is 134 Å². The molecule has 8 heteroatoms. The fourth-order valence-corrected chi connectivity index (χ4v) is 3.51. The Morgan fingerprint density at radius 1 is 1.10 bits per heavy atom. The van der Waals surface area contributed by atoms with Gasteiger partial charge in [0, 0.05) is 28.3 Å². The maximum Gasteiger partial charge on any atom is 0.212 e. The van der Waals surface area contributed by atoms with E-state index in [9.17, 15) is 4.79 Å². The van der Waals surface area contributed by atoms with Crippen LogP contribution in [0, 0.1) is 5.41 Å². The number of aromatic nitrogens is 1. The molecule has 0 atom stereocenters. The Balaban J connectivity index is 2.34. The number of benzene rings is 2. The van der Waals surface area contributed by atoms with E-state index in [1.165, 1.54) is 14.2 Å². The Bertz CT molecular complexity index is 1140. The van der Waals surface area contributed by atoms with Crippen molar-refractivity contribution in [3.05, 3.63) is 58.9 Å². The lowest BCUT2D eigenvalue weighted by Gasteiger charge is -2.17. The molecule has 0 fully saturated rings. The number of ether oxygens (including phenoxy) is 3. The molecule has 0 aliphatic heterocycles. The van der Waals surface area contributed by atoms with E-state index in [0.29, 0.717) is 64.4 Å². The van der Waals surface area contributed by atoms with Crippen LogP contribution < -0.4 is 25.7 Å². The van der Waals surface area contributed by atoms with Gasteiger partial charge in [-0.3, -0.25) is 10.2 Å². The van der Waals surface area contributed by atoms with Gasteiger partial charge in [-0.05, 0) is 37.7 Å². The van der Waals surface area contributed by atoms with Crippen molar-refractivity contribution < 1.29 is 19.0 Å². The van der Waals surface area contributed by atoms with Gasteiger partial charge in [0.25, 0.3) is 0 Å². The molecule has 0 bridgehead atoms. The zero-order chi connectivity index (χ0) is 22.5. The van der Waals surface area contributed by atoms with Crippen molar-refractivity contribution in [2.24, 2.45) is 11.5 Å². The van der Waals surface area contributed by atoms with Gasteiger partial charge >= 0.3 is 0 Å². The first-order chi connectivity index (χ1) is 14.9. The largest absolute Gasteiger partial charge is 0.494 e. The number of carbonyl (C=O) groups is 1. The van der Waals surface area contributed by atoms with Crippen LogP contribution in [0.15, 0.2) is 36.4 Å². The highest BCUT2D eigenvalue weighted by molar-refractivity contribution is 6.19. The predicted molar refractivity (Wildman–Crippen MR) is 120 cm³/mol. The summed E-state index contributed by atoms with van der Waals surface area (Å²) in [6, 6.07) is 10.3. The van der Waals surface area contributed by atoms with E-state index in [2.05, 4.69) is 4.98 Å². The summed E-state index contributed by atoms with van der Waals surface area (Å²) < 4.78 is 16.4. The van der Waals surface area contributed by atoms with E-state index in [1.54, 1.807) is 36.4 Å². The molecule has 3 aromatic rings. The highest BCUT2D eigenvalue weighted by atomic mass is 16.5. The van der Waals surface area contributed by atoms with E-state index < -0.39 is 0 Å². The molecular formula is C23H26N4O4. The number of rotatable bonds is 9. The Morgan fingerprint density at radius 2 is 1.77 bits per heavy atom. The van der Waals surface area contributed by atoms with Crippen molar-refractivity contribution >= 4 is 22.4 Å². The summed E-state index contributed by atoms with van der Waals surface area (Å²) in [7, 11) is 3.03. The number of fused-ring (bicyclic) bond motifs is 1. The van der Waals surface area contributed by atoms with Crippen molar-refractivity contribution in [1.82, 2.24) is 4.98 Å². The first-order valence-electron chi connectivity index (χ1n) is 9.85. The number of nitrogens with one attached hydrogen (secondary N) is 1. The van der Waals surface area contributed by atoms with Crippen molar-refractivity contribution in [1.29, 1.82) is 5.41 Å². The third-order valence-corrected chi connectivity index (χ3v) is 4.86.